The molecule has 1 amide bonds. The Morgan fingerprint density at radius 2 is 1.58 bits per heavy atom. The molecule has 1 aliphatic heterocycles. The average Bonchev–Trinajstić information content (AvgIpc) is 2.61. The predicted molar refractivity (Wildman–Crippen MR) is 95.7 cm³/mol. The van der Waals surface area contributed by atoms with Crippen molar-refractivity contribution in [2.24, 2.45) is 17.3 Å². The molecule has 4 bridgehead atoms. The first-order chi connectivity index (χ1) is 11.7. The van der Waals surface area contributed by atoms with E-state index >= 15 is 0 Å². The van der Waals surface area contributed by atoms with Crippen molar-refractivity contribution < 1.29 is 4.79 Å². The van der Waals surface area contributed by atoms with Crippen LogP contribution in [0.2, 0.25) is 0 Å². The van der Waals surface area contributed by atoms with E-state index in [9.17, 15) is 4.79 Å². The van der Waals surface area contributed by atoms with Gasteiger partial charge in [0.25, 0.3) is 0 Å². The molecule has 1 heterocycles. The van der Waals surface area contributed by atoms with Gasteiger partial charge in [-0.1, -0.05) is 30.3 Å². The number of piperidine rings is 1. The topological polar surface area (TPSA) is 20.3 Å². The zero-order chi connectivity index (χ0) is 16.2. The number of carbonyl (C=O) groups is 1. The van der Waals surface area contributed by atoms with Crippen LogP contribution in [0.1, 0.15) is 63.4 Å². The number of hydrogen-bond acceptors (Lipinski definition) is 1. The molecule has 0 N–H and O–H groups in total. The van der Waals surface area contributed by atoms with Crippen LogP contribution in [0.15, 0.2) is 30.3 Å². The van der Waals surface area contributed by atoms with Crippen LogP contribution in [0.5, 0.6) is 0 Å². The molecule has 2 nitrogen and oxygen atoms in total. The lowest BCUT2D eigenvalue weighted by molar-refractivity contribution is -0.161. The Kier molecular flexibility index (Phi) is 3.34. The minimum atomic E-state index is -0.0305. The third-order valence-electron chi connectivity index (χ3n) is 7.54. The van der Waals surface area contributed by atoms with Crippen molar-refractivity contribution in [2.45, 2.75) is 63.2 Å². The van der Waals surface area contributed by atoms with Crippen LogP contribution < -0.4 is 0 Å². The number of benzene rings is 1. The van der Waals surface area contributed by atoms with E-state index in [1.165, 1.54) is 56.9 Å². The number of carbonyl (C=O) groups excluding carboxylic acids is 1. The molecule has 128 valence electrons. The van der Waals surface area contributed by atoms with E-state index in [-0.39, 0.29) is 10.8 Å². The second kappa shape index (κ2) is 5.34. The van der Waals surface area contributed by atoms with E-state index in [1.807, 2.05) is 0 Å². The Morgan fingerprint density at radius 1 is 0.917 bits per heavy atom. The molecule has 24 heavy (non-hydrogen) atoms. The third kappa shape index (κ3) is 2.18. The summed E-state index contributed by atoms with van der Waals surface area (Å²) in [5.74, 6) is 2.08. The van der Waals surface area contributed by atoms with E-state index in [4.69, 9.17) is 0 Å². The number of rotatable bonds is 2. The van der Waals surface area contributed by atoms with E-state index < -0.39 is 0 Å². The molecule has 4 saturated carbocycles. The maximum Gasteiger partial charge on any atom is 0.228 e. The lowest BCUT2D eigenvalue weighted by Gasteiger charge is -2.62. The fraction of sp³-hybridized carbons (Fsp3) is 0.682. The standard InChI is InChI=1S/C22H29NO/c24-20(23-9-5-2-6-10-23)22-14-17-11-18(15-22)13-21(12-17,16-22)19-7-3-1-4-8-19/h1,3-4,7-8,17-18H,2,5-6,9-16H2/t17-,18+,21?,22?. The van der Waals surface area contributed by atoms with E-state index in [0.29, 0.717) is 5.91 Å². The first-order valence-corrected chi connectivity index (χ1v) is 10.0. The molecule has 5 aliphatic rings. The van der Waals surface area contributed by atoms with Gasteiger partial charge >= 0.3 is 0 Å². The summed E-state index contributed by atoms with van der Waals surface area (Å²) in [5.41, 5.74) is 1.77. The molecule has 1 aromatic rings. The van der Waals surface area contributed by atoms with Crippen molar-refractivity contribution in [1.82, 2.24) is 4.90 Å². The lowest BCUT2D eigenvalue weighted by atomic mass is 9.42. The molecular weight excluding hydrogens is 294 g/mol. The molecule has 6 rings (SSSR count). The van der Waals surface area contributed by atoms with Gasteiger partial charge in [0.1, 0.15) is 0 Å². The predicted octanol–water partition coefficient (Wildman–Crippen LogP) is 4.54. The molecule has 1 saturated heterocycles. The summed E-state index contributed by atoms with van der Waals surface area (Å²) in [5, 5.41) is 0. The quantitative estimate of drug-likeness (QED) is 0.782. The van der Waals surface area contributed by atoms with Gasteiger partial charge in [0.15, 0.2) is 0 Å². The zero-order valence-corrected chi connectivity index (χ0v) is 14.7. The Morgan fingerprint density at radius 3 is 2.25 bits per heavy atom. The summed E-state index contributed by atoms with van der Waals surface area (Å²) in [6.45, 7) is 2.02. The fourth-order valence-corrected chi connectivity index (χ4v) is 7.07. The highest BCUT2D eigenvalue weighted by Gasteiger charge is 2.61. The Bertz CT molecular complexity index is 617. The second-order valence-electron chi connectivity index (χ2n) is 9.24. The van der Waals surface area contributed by atoms with Crippen LogP contribution in [-0.2, 0) is 10.2 Å². The van der Waals surface area contributed by atoms with Gasteiger partial charge in [0.05, 0.1) is 5.41 Å². The largest absolute Gasteiger partial charge is 0.342 e. The molecule has 4 aliphatic carbocycles. The number of hydrogen-bond donors (Lipinski definition) is 0. The van der Waals surface area contributed by atoms with Crippen molar-refractivity contribution in [3.8, 4) is 0 Å². The SMILES string of the molecule is O=C(N1CCCCC1)C12C[C@H]3C[C@@H](C1)CC(c1ccccc1)(C3)C2. The lowest BCUT2D eigenvalue weighted by Crippen LogP contribution is -2.60. The van der Waals surface area contributed by atoms with Gasteiger partial charge in [-0.25, -0.2) is 0 Å². The van der Waals surface area contributed by atoms with Crippen molar-refractivity contribution in [2.75, 3.05) is 13.1 Å². The van der Waals surface area contributed by atoms with Crippen LogP contribution in [0, 0.1) is 17.3 Å². The first kappa shape index (κ1) is 15.0. The minimum Gasteiger partial charge on any atom is -0.342 e. The first-order valence-electron chi connectivity index (χ1n) is 10.0. The van der Waals surface area contributed by atoms with Crippen molar-refractivity contribution >= 4 is 5.91 Å². The van der Waals surface area contributed by atoms with Crippen molar-refractivity contribution in [1.29, 1.82) is 0 Å². The molecule has 1 aromatic carbocycles. The molecule has 4 atom stereocenters. The zero-order valence-electron chi connectivity index (χ0n) is 14.7. The second-order valence-corrected chi connectivity index (χ2v) is 9.24. The highest BCUT2D eigenvalue weighted by molar-refractivity contribution is 5.83. The normalized spacial score (nSPS) is 40.8. The van der Waals surface area contributed by atoms with Crippen LogP contribution in [0.4, 0.5) is 0 Å². The maximum absolute atomic E-state index is 13.6. The van der Waals surface area contributed by atoms with Gasteiger partial charge in [-0.3, -0.25) is 4.79 Å². The van der Waals surface area contributed by atoms with Gasteiger partial charge in [-0.15, -0.1) is 0 Å². The molecule has 2 unspecified atom stereocenters. The third-order valence-corrected chi connectivity index (χ3v) is 7.54. The summed E-state index contributed by atoms with van der Waals surface area (Å²) in [6.07, 6.45) is 11.2. The Hall–Kier alpha value is -1.31. The van der Waals surface area contributed by atoms with Gasteiger partial charge in [-0.05, 0) is 80.6 Å². The number of nitrogens with zero attached hydrogens (tertiary/aromatic N) is 1. The van der Waals surface area contributed by atoms with Crippen molar-refractivity contribution in [3.05, 3.63) is 35.9 Å². The summed E-state index contributed by atoms with van der Waals surface area (Å²) >= 11 is 0. The molecule has 0 radical (unpaired) electrons. The fourth-order valence-electron chi connectivity index (χ4n) is 7.07. The maximum atomic E-state index is 13.6. The number of amides is 1. The van der Waals surface area contributed by atoms with Gasteiger partial charge < -0.3 is 4.90 Å². The highest BCUT2D eigenvalue weighted by Crippen LogP contribution is 2.66. The molecule has 0 aromatic heterocycles. The molecule has 0 spiro atoms. The Balaban J connectivity index is 1.50. The van der Waals surface area contributed by atoms with Crippen molar-refractivity contribution in [3.63, 3.8) is 0 Å². The summed E-state index contributed by atoms with van der Waals surface area (Å²) in [6, 6.07) is 11.1. The molecule has 2 heteroatoms. The van der Waals surface area contributed by atoms with Crippen LogP contribution >= 0.6 is 0 Å². The molecule has 5 fully saturated rings. The van der Waals surface area contributed by atoms with Gasteiger partial charge in [0, 0.05) is 13.1 Å². The smallest absolute Gasteiger partial charge is 0.228 e. The number of likely N-dealkylation sites (tertiary alicyclic amines) is 1. The average molecular weight is 323 g/mol. The summed E-state index contributed by atoms with van der Waals surface area (Å²) < 4.78 is 0. The van der Waals surface area contributed by atoms with E-state index in [0.717, 1.165) is 31.3 Å². The van der Waals surface area contributed by atoms with Crippen LogP contribution in [-0.4, -0.2) is 23.9 Å². The summed E-state index contributed by atoms with van der Waals surface area (Å²) in [7, 11) is 0. The van der Waals surface area contributed by atoms with Crippen LogP contribution in [0.25, 0.3) is 0 Å². The molecular formula is C22H29NO. The van der Waals surface area contributed by atoms with E-state index in [2.05, 4.69) is 35.2 Å². The van der Waals surface area contributed by atoms with Gasteiger partial charge in [0.2, 0.25) is 5.91 Å². The van der Waals surface area contributed by atoms with Crippen LogP contribution in [0.3, 0.4) is 0 Å². The monoisotopic (exact) mass is 323 g/mol. The summed E-state index contributed by atoms with van der Waals surface area (Å²) in [4.78, 5) is 15.8. The minimum absolute atomic E-state index is 0.0305. The Labute approximate surface area is 145 Å². The highest BCUT2D eigenvalue weighted by atomic mass is 16.2. The van der Waals surface area contributed by atoms with Gasteiger partial charge in [-0.2, -0.15) is 0 Å². The van der Waals surface area contributed by atoms with E-state index in [1.54, 1.807) is 0 Å².